The van der Waals surface area contributed by atoms with E-state index in [1.165, 1.54) is 6.08 Å². The van der Waals surface area contributed by atoms with Gasteiger partial charge in [-0.15, -0.1) is 0 Å². The van der Waals surface area contributed by atoms with Crippen molar-refractivity contribution in [1.82, 2.24) is 9.97 Å². The molecule has 0 saturated heterocycles. The summed E-state index contributed by atoms with van der Waals surface area (Å²) in [6.45, 7) is 3.68. The molecule has 0 aliphatic carbocycles. The van der Waals surface area contributed by atoms with Crippen LogP contribution in [0.3, 0.4) is 0 Å². The van der Waals surface area contributed by atoms with Crippen LogP contribution in [0, 0.1) is 0 Å². The average molecular weight is 280 g/mol. The van der Waals surface area contributed by atoms with E-state index in [-0.39, 0.29) is 6.61 Å². The standard InChI is InChI=1S/C16H12N2O3/c1-2-9-20-16(19)12-3-4-14-13(10-12)18-15(21-14)11-5-7-17-8-6-11/h2-8,10H,1,9H2. The van der Waals surface area contributed by atoms with Crippen molar-refractivity contribution in [3.8, 4) is 11.5 Å². The SMILES string of the molecule is C=CCOC(=O)c1ccc2oc(-c3ccncc3)nc2c1. The fourth-order valence-corrected chi connectivity index (χ4v) is 1.89. The molecule has 104 valence electrons. The van der Waals surface area contributed by atoms with E-state index in [9.17, 15) is 4.79 Å². The van der Waals surface area contributed by atoms with Crippen molar-refractivity contribution in [3.63, 3.8) is 0 Å². The van der Waals surface area contributed by atoms with Crippen molar-refractivity contribution in [2.24, 2.45) is 0 Å². The number of nitrogens with zero attached hydrogens (tertiary/aromatic N) is 2. The lowest BCUT2D eigenvalue weighted by atomic mass is 10.2. The Morgan fingerprint density at radius 2 is 2.10 bits per heavy atom. The van der Waals surface area contributed by atoms with E-state index in [0.29, 0.717) is 22.6 Å². The van der Waals surface area contributed by atoms with E-state index in [0.717, 1.165) is 5.56 Å². The highest BCUT2D eigenvalue weighted by molar-refractivity contribution is 5.93. The summed E-state index contributed by atoms with van der Waals surface area (Å²) in [5.74, 6) is 0.0780. The molecule has 1 aromatic carbocycles. The molecule has 0 unspecified atom stereocenters. The third-order valence-corrected chi connectivity index (χ3v) is 2.88. The first kappa shape index (κ1) is 13.1. The molecule has 0 bridgehead atoms. The number of oxazole rings is 1. The van der Waals surface area contributed by atoms with Crippen LogP contribution in [0.4, 0.5) is 0 Å². The minimum absolute atomic E-state index is 0.179. The highest BCUT2D eigenvalue weighted by Gasteiger charge is 2.12. The Morgan fingerprint density at radius 1 is 1.29 bits per heavy atom. The van der Waals surface area contributed by atoms with Gasteiger partial charge in [0.05, 0.1) is 5.56 Å². The topological polar surface area (TPSA) is 65.2 Å². The second-order valence-corrected chi connectivity index (χ2v) is 4.32. The van der Waals surface area contributed by atoms with E-state index in [2.05, 4.69) is 16.5 Å². The Kier molecular flexibility index (Phi) is 3.47. The molecule has 0 N–H and O–H groups in total. The first-order valence-corrected chi connectivity index (χ1v) is 6.37. The molecule has 0 fully saturated rings. The molecule has 0 radical (unpaired) electrons. The Labute approximate surface area is 120 Å². The summed E-state index contributed by atoms with van der Waals surface area (Å²) in [6.07, 6.45) is 4.86. The number of benzene rings is 1. The number of rotatable bonds is 4. The van der Waals surface area contributed by atoms with Gasteiger partial charge in [0.25, 0.3) is 0 Å². The van der Waals surface area contributed by atoms with Gasteiger partial charge in [-0.3, -0.25) is 4.98 Å². The molecule has 0 aliphatic rings. The van der Waals surface area contributed by atoms with Crippen molar-refractivity contribution >= 4 is 17.1 Å². The fraction of sp³-hybridized carbons (Fsp3) is 0.0625. The molecule has 21 heavy (non-hydrogen) atoms. The molecular formula is C16H12N2O3. The zero-order valence-corrected chi connectivity index (χ0v) is 11.2. The second-order valence-electron chi connectivity index (χ2n) is 4.32. The third-order valence-electron chi connectivity index (χ3n) is 2.88. The number of carbonyl (C=O) groups is 1. The van der Waals surface area contributed by atoms with Gasteiger partial charge in [0.2, 0.25) is 5.89 Å². The summed E-state index contributed by atoms with van der Waals surface area (Å²) in [5.41, 5.74) is 2.48. The lowest BCUT2D eigenvalue weighted by molar-refractivity contribution is 0.0550. The molecule has 0 amide bonds. The van der Waals surface area contributed by atoms with Gasteiger partial charge < -0.3 is 9.15 Å². The first-order valence-electron chi connectivity index (χ1n) is 6.37. The zero-order chi connectivity index (χ0) is 14.7. The van der Waals surface area contributed by atoms with Gasteiger partial charge in [-0.2, -0.15) is 0 Å². The van der Waals surface area contributed by atoms with E-state index in [1.807, 2.05) is 12.1 Å². The minimum atomic E-state index is -0.412. The summed E-state index contributed by atoms with van der Waals surface area (Å²) in [4.78, 5) is 20.1. The van der Waals surface area contributed by atoms with Crippen LogP contribution in [-0.4, -0.2) is 22.5 Å². The third kappa shape index (κ3) is 2.67. The molecule has 0 saturated carbocycles. The van der Waals surface area contributed by atoms with Crippen molar-refractivity contribution in [3.05, 3.63) is 60.9 Å². The maximum atomic E-state index is 11.8. The van der Waals surface area contributed by atoms with Crippen LogP contribution in [0.1, 0.15) is 10.4 Å². The van der Waals surface area contributed by atoms with E-state index < -0.39 is 5.97 Å². The lowest BCUT2D eigenvalue weighted by Gasteiger charge is -2.00. The number of aromatic nitrogens is 2. The quantitative estimate of drug-likeness (QED) is 0.542. The number of esters is 1. The Balaban J connectivity index is 1.95. The van der Waals surface area contributed by atoms with Crippen LogP contribution >= 0.6 is 0 Å². The van der Waals surface area contributed by atoms with Crippen LogP contribution in [0.2, 0.25) is 0 Å². The zero-order valence-electron chi connectivity index (χ0n) is 11.2. The largest absolute Gasteiger partial charge is 0.458 e. The van der Waals surface area contributed by atoms with Gasteiger partial charge in [-0.25, -0.2) is 9.78 Å². The van der Waals surface area contributed by atoms with Gasteiger partial charge in [-0.05, 0) is 30.3 Å². The van der Waals surface area contributed by atoms with E-state index in [1.54, 1.807) is 30.6 Å². The normalized spacial score (nSPS) is 10.5. The average Bonchev–Trinajstić information content (AvgIpc) is 2.96. The Hall–Kier alpha value is -2.95. The monoisotopic (exact) mass is 280 g/mol. The molecular weight excluding hydrogens is 268 g/mol. The highest BCUT2D eigenvalue weighted by atomic mass is 16.5. The van der Waals surface area contributed by atoms with Crippen LogP contribution in [0.5, 0.6) is 0 Å². The molecule has 5 nitrogen and oxygen atoms in total. The lowest BCUT2D eigenvalue weighted by Crippen LogP contribution is -2.04. The Bertz CT molecular complexity index is 794. The van der Waals surface area contributed by atoms with Gasteiger partial charge in [-0.1, -0.05) is 12.7 Å². The summed E-state index contributed by atoms with van der Waals surface area (Å²) in [5, 5.41) is 0. The molecule has 0 spiro atoms. The number of hydrogen-bond donors (Lipinski definition) is 0. The molecule has 2 aromatic heterocycles. The minimum Gasteiger partial charge on any atom is -0.458 e. The first-order chi connectivity index (χ1) is 10.3. The Morgan fingerprint density at radius 3 is 2.86 bits per heavy atom. The maximum Gasteiger partial charge on any atom is 0.338 e. The van der Waals surface area contributed by atoms with E-state index >= 15 is 0 Å². The van der Waals surface area contributed by atoms with Gasteiger partial charge in [0, 0.05) is 18.0 Å². The molecule has 2 heterocycles. The number of pyridine rings is 1. The second kappa shape index (κ2) is 5.58. The number of hydrogen-bond acceptors (Lipinski definition) is 5. The maximum absolute atomic E-state index is 11.8. The van der Waals surface area contributed by atoms with Crippen LogP contribution in [0.15, 0.2) is 59.8 Å². The summed E-state index contributed by atoms with van der Waals surface area (Å²) in [6, 6.07) is 8.62. The van der Waals surface area contributed by atoms with E-state index in [4.69, 9.17) is 9.15 Å². The molecule has 5 heteroatoms. The predicted molar refractivity (Wildman–Crippen MR) is 77.7 cm³/mol. The van der Waals surface area contributed by atoms with Crippen molar-refractivity contribution < 1.29 is 13.9 Å². The number of ether oxygens (including phenoxy) is 1. The molecule has 3 aromatic rings. The molecule has 0 atom stereocenters. The predicted octanol–water partition coefficient (Wildman–Crippen LogP) is 3.23. The molecule has 3 rings (SSSR count). The highest BCUT2D eigenvalue weighted by Crippen LogP contribution is 2.24. The van der Waals surface area contributed by atoms with Crippen molar-refractivity contribution in [1.29, 1.82) is 0 Å². The van der Waals surface area contributed by atoms with Gasteiger partial charge in [0.1, 0.15) is 12.1 Å². The van der Waals surface area contributed by atoms with Crippen LogP contribution in [-0.2, 0) is 4.74 Å². The number of carbonyl (C=O) groups excluding carboxylic acids is 1. The summed E-state index contributed by atoms with van der Waals surface area (Å²) in [7, 11) is 0. The van der Waals surface area contributed by atoms with Gasteiger partial charge >= 0.3 is 5.97 Å². The van der Waals surface area contributed by atoms with Crippen LogP contribution in [0.25, 0.3) is 22.6 Å². The summed E-state index contributed by atoms with van der Waals surface area (Å²) >= 11 is 0. The van der Waals surface area contributed by atoms with Gasteiger partial charge in [0.15, 0.2) is 5.58 Å². The number of fused-ring (bicyclic) bond motifs is 1. The summed E-state index contributed by atoms with van der Waals surface area (Å²) < 4.78 is 10.7. The van der Waals surface area contributed by atoms with Crippen molar-refractivity contribution in [2.75, 3.05) is 6.61 Å². The fourth-order valence-electron chi connectivity index (χ4n) is 1.89. The smallest absolute Gasteiger partial charge is 0.338 e. The van der Waals surface area contributed by atoms with Crippen LogP contribution < -0.4 is 0 Å². The van der Waals surface area contributed by atoms with Crippen molar-refractivity contribution in [2.45, 2.75) is 0 Å². The molecule has 0 aliphatic heterocycles.